The number of anilines is 2. The van der Waals surface area contributed by atoms with Crippen LogP contribution < -0.4 is 10.9 Å². The number of aromatic nitrogens is 3. The molecule has 2 aliphatic heterocycles. The van der Waals surface area contributed by atoms with Crippen LogP contribution >= 0.6 is 0 Å². The van der Waals surface area contributed by atoms with E-state index in [9.17, 15) is 28.0 Å². The van der Waals surface area contributed by atoms with E-state index in [2.05, 4.69) is 16.4 Å². The number of nitriles is 1. The number of nitrogens with zero attached hydrogens (tertiary/aromatic N) is 5. The first-order chi connectivity index (χ1) is 23.4. The Morgan fingerprint density at radius 2 is 1.78 bits per heavy atom. The molecule has 2 fully saturated rings. The van der Waals surface area contributed by atoms with Crippen LogP contribution in [0.15, 0.2) is 71.7 Å². The highest BCUT2D eigenvalue weighted by molar-refractivity contribution is 5.91. The largest absolute Gasteiger partial charge is 0.449 e. The molecule has 2 saturated heterocycles. The third-order valence-corrected chi connectivity index (χ3v) is 9.79. The second-order valence-corrected chi connectivity index (χ2v) is 13.6. The summed E-state index contributed by atoms with van der Waals surface area (Å²) in [4.78, 5) is 31.9. The van der Waals surface area contributed by atoms with Gasteiger partial charge in [-0.1, -0.05) is 56.3 Å². The normalized spacial score (nSPS) is 19.7. The number of benzene rings is 2. The minimum absolute atomic E-state index is 0.0472. The molecule has 2 aromatic carbocycles. The first kappa shape index (κ1) is 34.0. The second kappa shape index (κ2) is 13.6. The maximum atomic E-state index is 14.8. The maximum Gasteiger partial charge on any atom is 0.409 e. The Kier molecular flexibility index (Phi) is 9.44. The summed E-state index contributed by atoms with van der Waals surface area (Å²) >= 11 is 0. The zero-order chi connectivity index (χ0) is 34.8. The van der Waals surface area contributed by atoms with Gasteiger partial charge in [0.1, 0.15) is 10.8 Å². The Labute approximate surface area is 282 Å². The zero-order valence-electron chi connectivity index (χ0n) is 27.6. The maximum absolute atomic E-state index is 14.8. The minimum Gasteiger partial charge on any atom is -0.449 e. The number of hydrogen-bond acceptors (Lipinski definition) is 7. The summed E-state index contributed by atoms with van der Waals surface area (Å²) < 4.78 is 51.4. The van der Waals surface area contributed by atoms with Crippen LogP contribution in [0.3, 0.4) is 0 Å². The molecule has 10 nitrogen and oxygen atoms in total. The molecule has 4 aromatic rings. The number of fused-ring (bicyclic) bond motifs is 1. The van der Waals surface area contributed by atoms with Crippen LogP contribution in [0.25, 0.3) is 10.9 Å². The van der Waals surface area contributed by atoms with E-state index >= 15 is 0 Å². The smallest absolute Gasteiger partial charge is 0.409 e. The van der Waals surface area contributed by atoms with Crippen molar-refractivity contribution in [3.63, 3.8) is 0 Å². The van der Waals surface area contributed by atoms with Gasteiger partial charge in [-0.3, -0.25) is 14.4 Å². The van der Waals surface area contributed by atoms with Gasteiger partial charge in [-0.05, 0) is 61.1 Å². The number of carbonyl (C=O) groups excluding carboxylic acids is 1. The number of aromatic amines is 1. The van der Waals surface area contributed by atoms with Crippen LogP contribution in [0.2, 0.25) is 0 Å². The molecule has 49 heavy (non-hydrogen) atoms. The van der Waals surface area contributed by atoms with Crippen LogP contribution in [-0.2, 0) is 22.2 Å². The summed E-state index contributed by atoms with van der Waals surface area (Å²) in [5.74, 6) is 0.423. The van der Waals surface area contributed by atoms with E-state index in [0.29, 0.717) is 56.8 Å². The molecular weight excluding hydrogens is 635 g/mol. The number of H-pyrrole nitrogens is 1. The van der Waals surface area contributed by atoms with E-state index in [1.165, 1.54) is 18.3 Å². The van der Waals surface area contributed by atoms with Gasteiger partial charge in [-0.25, -0.2) is 4.79 Å². The van der Waals surface area contributed by atoms with Crippen molar-refractivity contribution in [1.82, 2.24) is 24.6 Å². The minimum atomic E-state index is -4.45. The number of piperidine rings is 1. The molecule has 1 unspecified atom stereocenters. The van der Waals surface area contributed by atoms with Crippen molar-refractivity contribution in [3.8, 4) is 6.07 Å². The van der Waals surface area contributed by atoms with E-state index in [4.69, 9.17) is 9.84 Å². The van der Waals surface area contributed by atoms with Crippen molar-refractivity contribution in [2.45, 2.75) is 63.2 Å². The fourth-order valence-electron chi connectivity index (χ4n) is 7.08. The van der Waals surface area contributed by atoms with Gasteiger partial charge in [0.05, 0.1) is 30.2 Å². The molecule has 0 bridgehead atoms. The number of hydrogen-bond donors (Lipinski definition) is 2. The van der Waals surface area contributed by atoms with Crippen molar-refractivity contribution in [3.05, 3.63) is 88.3 Å². The van der Waals surface area contributed by atoms with E-state index in [1.807, 2.05) is 49.1 Å². The van der Waals surface area contributed by atoms with Crippen molar-refractivity contribution < 1.29 is 22.7 Å². The third-order valence-electron chi connectivity index (χ3n) is 9.79. The molecule has 258 valence electrons. The molecule has 1 atom stereocenters. The highest BCUT2D eigenvalue weighted by atomic mass is 19.4. The molecule has 2 aliphatic rings. The SMILES string of the molecule is CC(C)COC(=O)N1CCC(CC#N)(n2nc(Nc3ccc(C4(C(F)(F)F)CCN(Cc5ccccc5)C4)cc3)c3c(=O)[nH]ccc32)CC1. The first-order valence-electron chi connectivity index (χ1n) is 16.5. The van der Waals surface area contributed by atoms with Gasteiger partial charge < -0.3 is 19.9 Å². The average Bonchev–Trinajstić information content (AvgIpc) is 3.69. The summed E-state index contributed by atoms with van der Waals surface area (Å²) in [7, 11) is 0. The van der Waals surface area contributed by atoms with Crippen LogP contribution in [0.4, 0.5) is 29.5 Å². The topological polar surface area (TPSA) is 119 Å². The molecule has 0 aliphatic carbocycles. The lowest BCUT2D eigenvalue weighted by atomic mass is 9.79. The van der Waals surface area contributed by atoms with E-state index in [-0.39, 0.29) is 42.1 Å². The molecular formula is C36H40F3N7O3. The van der Waals surface area contributed by atoms with Gasteiger partial charge >= 0.3 is 12.3 Å². The first-order valence-corrected chi connectivity index (χ1v) is 16.5. The van der Waals surface area contributed by atoms with Gasteiger partial charge in [0.2, 0.25) is 0 Å². The number of likely N-dealkylation sites (tertiary alicyclic amines) is 2. The lowest BCUT2D eigenvalue weighted by molar-refractivity contribution is -0.187. The molecule has 2 aromatic heterocycles. The Morgan fingerprint density at radius 3 is 2.43 bits per heavy atom. The summed E-state index contributed by atoms with van der Waals surface area (Å²) in [6.07, 6.45) is -2.47. The van der Waals surface area contributed by atoms with E-state index in [0.717, 1.165) is 5.56 Å². The number of halogens is 3. The van der Waals surface area contributed by atoms with Crippen LogP contribution in [0.1, 0.15) is 50.7 Å². The predicted molar refractivity (Wildman–Crippen MR) is 179 cm³/mol. The molecule has 1 amide bonds. The lowest BCUT2D eigenvalue weighted by Gasteiger charge is -2.40. The summed E-state index contributed by atoms with van der Waals surface area (Å²) in [5, 5.41) is 18.1. The molecule has 4 heterocycles. The fourth-order valence-corrected chi connectivity index (χ4v) is 7.08. The van der Waals surface area contributed by atoms with E-state index in [1.54, 1.807) is 27.8 Å². The number of nitrogens with one attached hydrogen (secondary N) is 2. The Bertz CT molecular complexity index is 1870. The Balaban J connectivity index is 1.26. The van der Waals surface area contributed by atoms with Gasteiger partial charge in [0.25, 0.3) is 5.56 Å². The Morgan fingerprint density at radius 1 is 1.06 bits per heavy atom. The number of rotatable bonds is 9. The summed E-state index contributed by atoms with van der Waals surface area (Å²) in [5.41, 5.74) is -1.08. The van der Waals surface area contributed by atoms with Gasteiger partial charge in [-0.2, -0.15) is 23.5 Å². The zero-order valence-corrected chi connectivity index (χ0v) is 27.6. The standard InChI is InChI=1S/C36H40F3N7O3/c1-25(2)23-49-33(48)45-20-14-34(13-17-40,15-21-45)46-29-12-18-41-32(47)30(29)31(43-46)42-28-10-8-27(9-11-28)35(36(37,38)39)16-19-44(24-35)22-26-6-4-3-5-7-26/h3-12,18,25H,13-16,19-24H2,1-2H3,(H,41,47)(H,42,43). The van der Waals surface area contributed by atoms with Crippen molar-refractivity contribution in [2.75, 3.05) is 38.1 Å². The third kappa shape index (κ3) is 6.74. The molecule has 0 radical (unpaired) electrons. The van der Waals surface area contributed by atoms with Crippen LogP contribution in [0, 0.1) is 17.2 Å². The number of ether oxygens (including phenoxy) is 1. The fraction of sp³-hybridized carbons (Fsp3) is 0.444. The molecule has 6 rings (SSSR count). The van der Waals surface area contributed by atoms with Gasteiger partial charge in [-0.15, -0.1) is 0 Å². The monoisotopic (exact) mass is 675 g/mol. The highest BCUT2D eigenvalue weighted by Gasteiger charge is 2.58. The van der Waals surface area contributed by atoms with Crippen molar-refractivity contribution >= 4 is 28.5 Å². The van der Waals surface area contributed by atoms with Gasteiger partial charge in [0.15, 0.2) is 5.82 Å². The van der Waals surface area contributed by atoms with Gasteiger partial charge in [0, 0.05) is 38.1 Å². The van der Waals surface area contributed by atoms with Crippen molar-refractivity contribution in [2.24, 2.45) is 5.92 Å². The number of pyridine rings is 1. The molecule has 0 spiro atoms. The van der Waals surface area contributed by atoms with Crippen LogP contribution in [-0.4, -0.2) is 69.6 Å². The van der Waals surface area contributed by atoms with E-state index < -0.39 is 28.8 Å². The highest BCUT2D eigenvalue weighted by Crippen LogP contribution is 2.48. The average molecular weight is 676 g/mol. The second-order valence-electron chi connectivity index (χ2n) is 13.6. The quantitative estimate of drug-likeness (QED) is 0.203. The summed E-state index contributed by atoms with van der Waals surface area (Å²) in [6.45, 7) is 5.54. The molecule has 2 N–H and O–H groups in total. The van der Waals surface area contributed by atoms with Crippen molar-refractivity contribution in [1.29, 1.82) is 5.26 Å². The molecule has 13 heteroatoms. The predicted octanol–water partition coefficient (Wildman–Crippen LogP) is 6.67. The number of alkyl halides is 3. The number of amides is 1. The Hall–Kier alpha value is -4.83. The summed E-state index contributed by atoms with van der Waals surface area (Å²) in [6, 6.07) is 19.6. The lowest BCUT2D eigenvalue weighted by Crippen LogP contribution is -2.48. The van der Waals surface area contributed by atoms with Crippen LogP contribution in [0.5, 0.6) is 0 Å². The number of carbonyl (C=O) groups is 1. The molecule has 0 saturated carbocycles.